The number of halogens is 2. The van der Waals surface area contributed by atoms with Gasteiger partial charge in [0.2, 0.25) is 5.91 Å². The lowest BCUT2D eigenvalue weighted by atomic mass is 9.88. The van der Waals surface area contributed by atoms with Crippen LogP contribution in [-0.2, 0) is 4.79 Å². The molecule has 1 aliphatic heterocycles. The predicted octanol–water partition coefficient (Wildman–Crippen LogP) is 3.53. The van der Waals surface area contributed by atoms with Crippen molar-refractivity contribution in [1.82, 2.24) is 0 Å². The van der Waals surface area contributed by atoms with E-state index >= 15 is 0 Å². The van der Waals surface area contributed by atoms with Gasteiger partial charge in [0.25, 0.3) is 0 Å². The number of hydrogen-bond donors (Lipinski definition) is 1. The van der Waals surface area contributed by atoms with E-state index in [2.05, 4.69) is 15.9 Å². The van der Waals surface area contributed by atoms with E-state index in [1.54, 1.807) is 30.2 Å². The molecule has 1 fully saturated rings. The Bertz CT molecular complexity index is 721. The zero-order valence-electron chi connectivity index (χ0n) is 11.8. The highest BCUT2D eigenvalue weighted by molar-refractivity contribution is 9.10. The van der Waals surface area contributed by atoms with Crippen molar-refractivity contribution >= 4 is 39.1 Å². The van der Waals surface area contributed by atoms with Crippen molar-refractivity contribution in [3.63, 3.8) is 0 Å². The molecule has 2 N–H and O–H groups in total. The molecule has 4 nitrogen and oxygen atoms in total. The van der Waals surface area contributed by atoms with Crippen molar-refractivity contribution < 1.29 is 9.53 Å². The van der Waals surface area contributed by atoms with Gasteiger partial charge in [-0.25, -0.2) is 0 Å². The molecular weight excluding hydrogens is 368 g/mol. The molecule has 0 unspecified atom stereocenters. The van der Waals surface area contributed by atoms with E-state index in [9.17, 15) is 4.79 Å². The minimum atomic E-state index is -0.540. The number of benzene rings is 2. The van der Waals surface area contributed by atoms with Gasteiger partial charge in [-0.05, 0) is 35.9 Å². The number of carbonyl (C=O) groups excluding carboxylic acids is 1. The van der Waals surface area contributed by atoms with E-state index in [0.29, 0.717) is 16.5 Å². The lowest BCUT2D eigenvalue weighted by molar-refractivity contribution is -0.126. The fourth-order valence-electron chi connectivity index (χ4n) is 2.62. The van der Waals surface area contributed by atoms with Crippen LogP contribution in [0, 0.1) is 0 Å². The number of ether oxygens (including phenoxy) is 1. The fourth-order valence-corrected chi connectivity index (χ4v) is 3.14. The molecule has 2 aromatic rings. The van der Waals surface area contributed by atoms with Gasteiger partial charge < -0.3 is 15.4 Å². The van der Waals surface area contributed by atoms with Crippen LogP contribution in [0.4, 0.5) is 5.69 Å². The third-order valence-electron chi connectivity index (χ3n) is 3.77. The molecule has 6 heteroatoms. The first-order valence-corrected chi connectivity index (χ1v) is 7.87. The Hall–Kier alpha value is -1.56. The van der Waals surface area contributed by atoms with Gasteiger partial charge in [0.1, 0.15) is 11.8 Å². The number of rotatable bonds is 3. The Morgan fingerprint density at radius 1 is 1.23 bits per heavy atom. The molecule has 0 aliphatic carbocycles. The smallest absolute Gasteiger partial charge is 0.247 e. The molecule has 1 heterocycles. The summed E-state index contributed by atoms with van der Waals surface area (Å²) in [5, 5.41) is 0.461. The highest BCUT2D eigenvalue weighted by Gasteiger charge is 2.46. The number of anilines is 1. The predicted molar refractivity (Wildman–Crippen MR) is 90.3 cm³/mol. The van der Waals surface area contributed by atoms with Crippen LogP contribution in [0.15, 0.2) is 46.9 Å². The molecule has 1 aliphatic rings. The lowest BCUT2D eigenvalue weighted by Crippen LogP contribution is -2.63. The maximum absolute atomic E-state index is 12.2. The quantitative estimate of drug-likeness (QED) is 0.828. The maximum atomic E-state index is 12.2. The Morgan fingerprint density at radius 2 is 1.91 bits per heavy atom. The number of nitrogens with two attached hydrogens (primary N) is 1. The highest BCUT2D eigenvalue weighted by Crippen LogP contribution is 2.40. The van der Waals surface area contributed by atoms with E-state index in [-0.39, 0.29) is 11.9 Å². The van der Waals surface area contributed by atoms with Crippen molar-refractivity contribution in [3.8, 4) is 5.75 Å². The monoisotopic (exact) mass is 380 g/mol. The molecule has 0 aromatic heterocycles. The number of β-lactam (4-membered cyclic amide) rings is 1. The van der Waals surface area contributed by atoms with Crippen LogP contribution < -0.4 is 15.4 Å². The summed E-state index contributed by atoms with van der Waals surface area (Å²) >= 11 is 9.56. The third kappa shape index (κ3) is 2.49. The summed E-state index contributed by atoms with van der Waals surface area (Å²) in [6.07, 6.45) is 0. The second-order valence-electron chi connectivity index (χ2n) is 5.05. The van der Waals surface area contributed by atoms with Crippen LogP contribution >= 0.6 is 27.5 Å². The van der Waals surface area contributed by atoms with E-state index in [0.717, 1.165) is 10.0 Å². The summed E-state index contributed by atoms with van der Waals surface area (Å²) < 4.78 is 6.12. The number of methoxy groups -OCH3 is 1. The van der Waals surface area contributed by atoms with Crippen molar-refractivity contribution in [3.05, 3.63) is 57.5 Å². The number of nitrogens with zero attached hydrogens (tertiary/aromatic N) is 1. The normalized spacial score (nSPS) is 20.7. The molecule has 1 amide bonds. The van der Waals surface area contributed by atoms with Gasteiger partial charge in [-0.1, -0.05) is 39.7 Å². The first-order chi connectivity index (χ1) is 10.5. The van der Waals surface area contributed by atoms with Crippen LogP contribution in [-0.4, -0.2) is 19.1 Å². The molecule has 2 atom stereocenters. The summed E-state index contributed by atoms with van der Waals surface area (Å²) in [6, 6.07) is 12.3. The molecule has 1 saturated heterocycles. The summed E-state index contributed by atoms with van der Waals surface area (Å²) in [4.78, 5) is 13.9. The van der Waals surface area contributed by atoms with Gasteiger partial charge >= 0.3 is 0 Å². The largest absolute Gasteiger partial charge is 0.495 e. The van der Waals surface area contributed by atoms with Gasteiger partial charge in [-0.3, -0.25) is 4.79 Å². The second-order valence-corrected chi connectivity index (χ2v) is 6.37. The number of amides is 1. The van der Waals surface area contributed by atoms with Gasteiger partial charge in [0.05, 0.1) is 18.2 Å². The molecule has 114 valence electrons. The summed E-state index contributed by atoms with van der Waals surface area (Å²) in [7, 11) is 1.55. The van der Waals surface area contributed by atoms with Gasteiger partial charge in [-0.2, -0.15) is 0 Å². The maximum Gasteiger partial charge on any atom is 0.247 e. The summed E-state index contributed by atoms with van der Waals surface area (Å²) in [5.41, 5.74) is 7.70. The zero-order valence-corrected chi connectivity index (χ0v) is 14.1. The first kappa shape index (κ1) is 15.3. The standard InChI is InChI=1S/C16H14BrClN2O2/c1-22-13-7-6-11(8-12(13)18)20-15(14(19)16(20)21)9-2-4-10(17)5-3-9/h2-8,14-15H,19H2,1H3/t14-,15+/m0/s1. The third-order valence-corrected chi connectivity index (χ3v) is 4.59. The Balaban J connectivity index is 1.96. The Morgan fingerprint density at radius 3 is 2.50 bits per heavy atom. The molecule has 0 saturated carbocycles. The van der Waals surface area contributed by atoms with Gasteiger partial charge in [-0.15, -0.1) is 0 Å². The Labute approximate surface area is 141 Å². The van der Waals surface area contributed by atoms with Crippen molar-refractivity contribution in [2.75, 3.05) is 12.0 Å². The van der Waals surface area contributed by atoms with Crippen LogP contribution in [0.2, 0.25) is 5.02 Å². The molecular formula is C16H14BrClN2O2. The summed E-state index contributed by atoms with van der Waals surface area (Å²) in [6.45, 7) is 0. The average Bonchev–Trinajstić information content (AvgIpc) is 2.52. The molecule has 22 heavy (non-hydrogen) atoms. The van der Waals surface area contributed by atoms with Crippen LogP contribution in [0.3, 0.4) is 0 Å². The van der Waals surface area contributed by atoms with Crippen molar-refractivity contribution in [1.29, 1.82) is 0 Å². The molecule has 3 rings (SSSR count). The summed E-state index contributed by atoms with van der Waals surface area (Å²) in [5.74, 6) is 0.456. The number of hydrogen-bond acceptors (Lipinski definition) is 3. The van der Waals surface area contributed by atoms with Crippen LogP contribution in [0.5, 0.6) is 5.75 Å². The van der Waals surface area contributed by atoms with Gasteiger partial charge in [0, 0.05) is 10.2 Å². The SMILES string of the molecule is COc1ccc(N2C(=O)[C@@H](N)[C@H]2c2ccc(Br)cc2)cc1Cl. The van der Waals surface area contributed by atoms with Crippen LogP contribution in [0.25, 0.3) is 0 Å². The van der Waals surface area contributed by atoms with E-state index in [1.807, 2.05) is 24.3 Å². The van der Waals surface area contributed by atoms with Crippen molar-refractivity contribution in [2.24, 2.45) is 5.73 Å². The zero-order chi connectivity index (χ0) is 15.9. The second kappa shape index (κ2) is 5.91. The molecule has 2 aromatic carbocycles. The highest BCUT2D eigenvalue weighted by atomic mass is 79.9. The lowest BCUT2D eigenvalue weighted by Gasteiger charge is -2.45. The number of carbonyl (C=O) groups is 1. The van der Waals surface area contributed by atoms with E-state index in [1.165, 1.54) is 0 Å². The van der Waals surface area contributed by atoms with Crippen molar-refractivity contribution in [2.45, 2.75) is 12.1 Å². The minimum absolute atomic E-state index is 0.117. The van der Waals surface area contributed by atoms with Crippen LogP contribution in [0.1, 0.15) is 11.6 Å². The van der Waals surface area contributed by atoms with E-state index in [4.69, 9.17) is 22.1 Å². The topological polar surface area (TPSA) is 55.6 Å². The molecule has 0 bridgehead atoms. The van der Waals surface area contributed by atoms with E-state index < -0.39 is 6.04 Å². The molecule has 0 spiro atoms. The molecule has 0 radical (unpaired) electrons. The average molecular weight is 382 g/mol. The van der Waals surface area contributed by atoms with Gasteiger partial charge in [0.15, 0.2) is 0 Å². The minimum Gasteiger partial charge on any atom is -0.495 e. The Kier molecular flexibility index (Phi) is 4.12. The fraction of sp³-hybridized carbons (Fsp3) is 0.188. The first-order valence-electron chi connectivity index (χ1n) is 6.70.